The van der Waals surface area contributed by atoms with Crippen molar-refractivity contribution >= 4 is 56.9 Å². The van der Waals surface area contributed by atoms with Crippen LogP contribution < -0.4 is 14.8 Å². The third-order valence-electron chi connectivity index (χ3n) is 3.47. The number of aromatic nitrogens is 1. The third-order valence-corrected chi connectivity index (χ3v) is 5.71. The average molecular weight is 413 g/mol. The molecule has 3 heterocycles. The number of thiophene rings is 1. The largest absolute Gasteiger partial charge is 0.485 e. The first-order chi connectivity index (χ1) is 12.1. The zero-order valence-corrected chi connectivity index (χ0v) is 15.6. The number of amides is 1. The van der Waals surface area contributed by atoms with Gasteiger partial charge in [0, 0.05) is 10.9 Å². The number of benzene rings is 1. The molecule has 0 saturated heterocycles. The summed E-state index contributed by atoms with van der Waals surface area (Å²) in [6.45, 7) is 0.146. The molecule has 0 radical (unpaired) electrons. The van der Waals surface area contributed by atoms with Gasteiger partial charge in [-0.2, -0.15) is 0 Å². The minimum atomic E-state index is -0.735. The van der Waals surface area contributed by atoms with Gasteiger partial charge in [0.1, 0.15) is 10.9 Å². The van der Waals surface area contributed by atoms with Crippen molar-refractivity contribution in [1.29, 1.82) is 0 Å². The van der Waals surface area contributed by atoms with Gasteiger partial charge >= 0.3 is 0 Å². The van der Waals surface area contributed by atoms with E-state index in [1.54, 1.807) is 18.2 Å². The van der Waals surface area contributed by atoms with Gasteiger partial charge in [0.15, 0.2) is 16.6 Å². The van der Waals surface area contributed by atoms with Crippen LogP contribution in [0.25, 0.3) is 11.3 Å². The molecule has 0 aliphatic carbocycles. The second-order valence-corrected chi connectivity index (χ2v) is 8.27. The van der Waals surface area contributed by atoms with Crippen LogP contribution in [0, 0.1) is 0 Å². The lowest BCUT2D eigenvalue weighted by atomic mass is 10.2. The fourth-order valence-corrected chi connectivity index (χ4v) is 4.50. The van der Waals surface area contributed by atoms with E-state index in [0.717, 1.165) is 5.56 Å². The Hall–Kier alpha value is -1.80. The van der Waals surface area contributed by atoms with E-state index in [9.17, 15) is 4.79 Å². The molecule has 9 heteroatoms. The van der Waals surface area contributed by atoms with Crippen molar-refractivity contribution in [2.24, 2.45) is 0 Å². The van der Waals surface area contributed by atoms with Crippen LogP contribution >= 0.6 is 45.9 Å². The number of anilines is 1. The lowest BCUT2D eigenvalue weighted by Gasteiger charge is -2.25. The molecule has 5 nitrogen and oxygen atoms in total. The molecule has 1 aliphatic heterocycles. The molecule has 0 spiro atoms. The molecule has 1 aromatic carbocycles. The van der Waals surface area contributed by atoms with Gasteiger partial charge in [0.05, 0.1) is 10.0 Å². The normalized spacial score (nSPS) is 15.8. The van der Waals surface area contributed by atoms with Crippen molar-refractivity contribution in [3.8, 4) is 22.8 Å². The molecule has 0 unspecified atom stereocenters. The van der Waals surface area contributed by atoms with Gasteiger partial charge in [-0.05, 0) is 18.2 Å². The number of nitrogens with zero attached hydrogens (tertiary/aromatic N) is 1. The molecule has 1 aliphatic rings. The summed E-state index contributed by atoms with van der Waals surface area (Å²) in [5, 5.41) is 5.02. The fourth-order valence-electron chi connectivity index (χ4n) is 2.30. The van der Waals surface area contributed by atoms with Gasteiger partial charge in [-0.25, -0.2) is 4.98 Å². The lowest BCUT2D eigenvalue weighted by Crippen LogP contribution is -2.40. The van der Waals surface area contributed by atoms with Gasteiger partial charge in [0.2, 0.25) is 6.10 Å². The molecule has 25 heavy (non-hydrogen) atoms. The first-order valence-electron chi connectivity index (χ1n) is 7.20. The van der Waals surface area contributed by atoms with Crippen molar-refractivity contribution in [2.45, 2.75) is 6.10 Å². The maximum Gasteiger partial charge on any atom is 0.270 e. The Kier molecular flexibility index (Phi) is 4.56. The zero-order valence-electron chi connectivity index (χ0n) is 12.5. The van der Waals surface area contributed by atoms with E-state index in [-0.39, 0.29) is 12.5 Å². The highest BCUT2D eigenvalue weighted by molar-refractivity contribution is 7.20. The summed E-state index contributed by atoms with van der Waals surface area (Å²) in [7, 11) is 0. The fraction of sp³-hybridized carbons (Fsp3) is 0.125. The zero-order chi connectivity index (χ0) is 17.4. The van der Waals surface area contributed by atoms with Crippen molar-refractivity contribution < 1.29 is 14.3 Å². The summed E-state index contributed by atoms with van der Waals surface area (Å²) >= 11 is 14.7. The molecule has 0 bridgehead atoms. The molecule has 1 amide bonds. The first-order valence-corrected chi connectivity index (χ1v) is 9.65. The molecule has 0 saturated carbocycles. The Balaban J connectivity index is 1.46. The second-order valence-electron chi connectivity index (χ2n) is 5.13. The molecule has 0 fully saturated rings. The standard InChI is InChI=1S/C16H10Cl2N2O3S2/c17-13-5-8(14(18)25-13)9-7-24-16(19-9)20-15(21)12-6-22-10-3-1-2-4-11(10)23-12/h1-5,7,12H,6H2,(H,19,20,21)/t12-/m1/s1. The summed E-state index contributed by atoms with van der Waals surface area (Å²) in [5.41, 5.74) is 1.42. The van der Waals surface area contributed by atoms with Crippen LogP contribution in [0.2, 0.25) is 8.67 Å². The van der Waals surface area contributed by atoms with Crippen LogP contribution in [0.5, 0.6) is 11.5 Å². The molecule has 4 rings (SSSR count). The molecule has 3 aromatic rings. The highest BCUT2D eigenvalue weighted by Crippen LogP contribution is 2.39. The maximum atomic E-state index is 12.4. The van der Waals surface area contributed by atoms with E-state index in [2.05, 4.69) is 10.3 Å². The summed E-state index contributed by atoms with van der Waals surface area (Å²) in [6.07, 6.45) is -0.735. The number of para-hydroxylation sites is 2. The van der Waals surface area contributed by atoms with Crippen LogP contribution in [-0.2, 0) is 4.79 Å². The van der Waals surface area contributed by atoms with Gasteiger partial charge in [-0.15, -0.1) is 22.7 Å². The van der Waals surface area contributed by atoms with E-state index < -0.39 is 6.10 Å². The number of hydrogen-bond donors (Lipinski definition) is 1. The number of ether oxygens (including phenoxy) is 2. The Labute approximate surface area is 161 Å². The monoisotopic (exact) mass is 412 g/mol. The number of halogens is 2. The number of hydrogen-bond acceptors (Lipinski definition) is 6. The topological polar surface area (TPSA) is 60.5 Å². The van der Waals surface area contributed by atoms with Crippen molar-refractivity contribution in [2.75, 3.05) is 11.9 Å². The van der Waals surface area contributed by atoms with Crippen LogP contribution in [0.3, 0.4) is 0 Å². The number of carbonyl (C=O) groups excluding carboxylic acids is 1. The lowest BCUT2D eigenvalue weighted by molar-refractivity contribution is -0.125. The number of thiazole rings is 1. The smallest absolute Gasteiger partial charge is 0.270 e. The van der Waals surface area contributed by atoms with Crippen LogP contribution in [-0.4, -0.2) is 23.6 Å². The van der Waals surface area contributed by atoms with Crippen molar-refractivity contribution in [3.05, 3.63) is 44.4 Å². The van der Waals surface area contributed by atoms with Gasteiger partial charge in [-0.1, -0.05) is 35.3 Å². The highest BCUT2D eigenvalue weighted by atomic mass is 35.5. The second kappa shape index (κ2) is 6.84. The van der Waals surface area contributed by atoms with Crippen LogP contribution in [0.4, 0.5) is 5.13 Å². The maximum absolute atomic E-state index is 12.4. The number of fused-ring (bicyclic) bond motifs is 1. The van der Waals surface area contributed by atoms with E-state index >= 15 is 0 Å². The predicted octanol–water partition coefficient (Wildman–Crippen LogP) is 4.96. The molecular weight excluding hydrogens is 403 g/mol. The highest BCUT2D eigenvalue weighted by Gasteiger charge is 2.28. The number of rotatable bonds is 3. The predicted molar refractivity (Wildman–Crippen MR) is 100 cm³/mol. The molecule has 2 aromatic heterocycles. The first kappa shape index (κ1) is 16.7. The number of nitrogens with one attached hydrogen (secondary N) is 1. The van der Waals surface area contributed by atoms with Crippen molar-refractivity contribution in [1.82, 2.24) is 4.98 Å². The van der Waals surface area contributed by atoms with E-state index in [1.165, 1.54) is 22.7 Å². The van der Waals surface area contributed by atoms with E-state index in [1.807, 2.05) is 17.5 Å². The van der Waals surface area contributed by atoms with E-state index in [0.29, 0.717) is 31.0 Å². The molecular formula is C16H10Cl2N2O3S2. The summed E-state index contributed by atoms with van der Waals surface area (Å²) < 4.78 is 12.4. The Morgan fingerprint density at radius 1 is 1.28 bits per heavy atom. The molecule has 1 N–H and O–H groups in total. The number of carbonyl (C=O) groups is 1. The van der Waals surface area contributed by atoms with Crippen LogP contribution in [0.15, 0.2) is 35.7 Å². The van der Waals surface area contributed by atoms with Gasteiger partial charge < -0.3 is 9.47 Å². The Morgan fingerprint density at radius 3 is 2.84 bits per heavy atom. The Morgan fingerprint density at radius 2 is 2.08 bits per heavy atom. The molecule has 128 valence electrons. The SMILES string of the molecule is O=C(Nc1nc(-c2cc(Cl)sc2Cl)cs1)[C@H]1COc2ccccc2O1. The average Bonchev–Trinajstić information content (AvgIpc) is 3.20. The summed E-state index contributed by atoms with van der Waals surface area (Å²) in [4.78, 5) is 16.8. The minimum Gasteiger partial charge on any atom is -0.485 e. The van der Waals surface area contributed by atoms with Gasteiger partial charge in [-0.3, -0.25) is 10.1 Å². The minimum absolute atomic E-state index is 0.146. The van der Waals surface area contributed by atoms with Gasteiger partial charge in [0.25, 0.3) is 5.91 Å². The third kappa shape index (κ3) is 3.46. The van der Waals surface area contributed by atoms with E-state index in [4.69, 9.17) is 32.7 Å². The van der Waals surface area contributed by atoms with Crippen molar-refractivity contribution in [3.63, 3.8) is 0 Å². The quantitative estimate of drug-likeness (QED) is 0.660. The summed E-state index contributed by atoms with van der Waals surface area (Å²) in [6, 6.07) is 8.99. The Bertz CT molecular complexity index is 941. The molecule has 1 atom stereocenters. The summed E-state index contributed by atoms with van der Waals surface area (Å²) in [5.74, 6) is 0.866. The van der Waals surface area contributed by atoms with Crippen LogP contribution in [0.1, 0.15) is 0 Å².